The minimum Gasteiger partial charge on any atom is -0.464 e. The Morgan fingerprint density at radius 2 is 2.00 bits per heavy atom. The fourth-order valence-electron chi connectivity index (χ4n) is 3.40. The minimum atomic E-state index is -0.339. The van der Waals surface area contributed by atoms with Crippen molar-refractivity contribution < 1.29 is 18.8 Å². The quantitative estimate of drug-likeness (QED) is 0.430. The molecule has 2 aromatic carbocycles. The van der Waals surface area contributed by atoms with Gasteiger partial charge in [-0.2, -0.15) is 0 Å². The molecular formula is C20H19N3O4. The molecule has 0 aliphatic heterocycles. The molecule has 4 rings (SSSR count). The number of anilines is 2. The molecule has 0 atom stereocenters. The van der Waals surface area contributed by atoms with E-state index in [1.54, 1.807) is 6.07 Å². The molecule has 0 bridgehead atoms. The van der Waals surface area contributed by atoms with Gasteiger partial charge in [-0.05, 0) is 6.07 Å². The predicted octanol–water partition coefficient (Wildman–Crippen LogP) is 3.08. The van der Waals surface area contributed by atoms with E-state index in [0.29, 0.717) is 40.0 Å². The Morgan fingerprint density at radius 3 is 2.70 bits per heavy atom. The molecule has 0 radical (unpaired) electrons. The van der Waals surface area contributed by atoms with Gasteiger partial charge in [0.1, 0.15) is 12.1 Å². The molecule has 27 heavy (non-hydrogen) atoms. The molecule has 1 N–H and O–H groups in total. The third-order valence-corrected chi connectivity index (χ3v) is 4.58. The van der Waals surface area contributed by atoms with Crippen molar-refractivity contribution >= 4 is 34.0 Å². The molecule has 138 valence electrons. The van der Waals surface area contributed by atoms with Gasteiger partial charge in [0.15, 0.2) is 11.5 Å². The molecule has 0 unspecified atom stereocenters. The molecule has 1 heterocycles. The monoisotopic (exact) mass is 365 g/mol. The largest absolute Gasteiger partial charge is 0.464 e. The van der Waals surface area contributed by atoms with Crippen LogP contribution in [0.4, 0.5) is 11.4 Å². The summed E-state index contributed by atoms with van der Waals surface area (Å²) in [4.78, 5) is 26.1. The van der Waals surface area contributed by atoms with Crippen molar-refractivity contribution in [3.8, 4) is 11.3 Å². The fourth-order valence-corrected chi connectivity index (χ4v) is 3.40. The number of esters is 1. The second-order valence-electron chi connectivity index (χ2n) is 6.59. The van der Waals surface area contributed by atoms with Crippen LogP contribution in [0.3, 0.4) is 0 Å². The lowest BCUT2D eigenvalue weighted by Gasteiger charge is -2.21. The first-order chi connectivity index (χ1) is 13.0. The maximum atomic E-state index is 13.2. The van der Waals surface area contributed by atoms with E-state index in [1.807, 2.05) is 43.3 Å². The van der Waals surface area contributed by atoms with E-state index in [2.05, 4.69) is 10.5 Å². The summed E-state index contributed by atoms with van der Waals surface area (Å²) in [5.74, 6) is 0.183. The van der Waals surface area contributed by atoms with Crippen LogP contribution < -0.4 is 10.2 Å². The van der Waals surface area contributed by atoms with Crippen LogP contribution in [0.25, 0.3) is 22.2 Å². The predicted molar refractivity (Wildman–Crippen MR) is 102 cm³/mol. The van der Waals surface area contributed by atoms with Gasteiger partial charge < -0.3 is 19.5 Å². The molecule has 0 fully saturated rings. The van der Waals surface area contributed by atoms with Crippen molar-refractivity contribution in [2.24, 2.45) is 0 Å². The van der Waals surface area contributed by atoms with Gasteiger partial charge in [-0.15, -0.1) is 0 Å². The Hall–Kier alpha value is -3.35. The molecular weight excluding hydrogens is 346 g/mol. The van der Waals surface area contributed by atoms with Crippen LogP contribution >= 0.6 is 0 Å². The Kier molecular flexibility index (Phi) is 4.07. The first-order valence-corrected chi connectivity index (χ1v) is 8.64. The minimum absolute atomic E-state index is 0.0772. The van der Waals surface area contributed by atoms with Crippen LogP contribution in [0, 0.1) is 0 Å². The van der Waals surface area contributed by atoms with Crippen molar-refractivity contribution in [1.82, 2.24) is 5.16 Å². The number of nitrogens with one attached hydrogen (secondary N) is 1. The van der Waals surface area contributed by atoms with Gasteiger partial charge in [0, 0.05) is 44.4 Å². The first kappa shape index (κ1) is 17.1. The Labute approximate surface area is 155 Å². The number of hydrogen-bond acceptors (Lipinski definition) is 7. The van der Waals surface area contributed by atoms with E-state index in [1.165, 1.54) is 6.92 Å². The highest BCUT2D eigenvalue weighted by Crippen LogP contribution is 2.45. The number of hydrogen-bond donors (Lipinski definition) is 1. The summed E-state index contributed by atoms with van der Waals surface area (Å²) in [6.07, 6.45) is 0. The number of nitrogens with zero attached hydrogens (tertiary/aromatic N) is 2. The molecule has 1 aromatic heterocycles. The van der Waals surface area contributed by atoms with Crippen LogP contribution in [-0.4, -0.2) is 44.2 Å². The summed E-state index contributed by atoms with van der Waals surface area (Å²) in [6, 6.07) is 9.24. The Bertz CT molecular complexity index is 1070. The molecule has 7 heteroatoms. The lowest BCUT2D eigenvalue weighted by Crippen LogP contribution is -2.18. The maximum absolute atomic E-state index is 13.2. The first-order valence-electron chi connectivity index (χ1n) is 8.64. The Balaban J connectivity index is 1.89. The molecule has 0 amide bonds. The Morgan fingerprint density at radius 1 is 1.26 bits per heavy atom. The normalized spacial score (nSPS) is 12.0. The highest BCUT2D eigenvalue weighted by molar-refractivity contribution is 6.28. The number of rotatable bonds is 5. The van der Waals surface area contributed by atoms with Crippen LogP contribution in [0.15, 0.2) is 34.9 Å². The average Bonchev–Trinajstić information content (AvgIpc) is 3.08. The maximum Gasteiger partial charge on any atom is 0.302 e. The van der Waals surface area contributed by atoms with Crippen LogP contribution in [0.1, 0.15) is 22.8 Å². The number of benzene rings is 2. The van der Waals surface area contributed by atoms with E-state index in [4.69, 9.17) is 9.26 Å². The molecule has 0 saturated heterocycles. The molecule has 0 saturated carbocycles. The summed E-state index contributed by atoms with van der Waals surface area (Å²) in [6.45, 7) is 1.97. The van der Waals surface area contributed by atoms with E-state index < -0.39 is 0 Å². The van der Waals surface area contributed by atoms with Crippen molar-refractivity contribution in [1.29, 1.82) is 0 Å². The summed E-state index contributed by atoms with van der Waals surface area (Å²) in [5, 5.41) is 8.17. The fraction of sp³-hybridized carbons (Fsp3) is 0.250. The third-order valence-electron chi connectivity index (χ3n) is 4.58. The lowest BCUT2D eigenvalue weighted by molar-refractivity contribution is -0.140. The molecule has 7 nitrogen and oxygen atoms in total. The van der Waals surface area contributed by atoms with E-state index in [0.717, 1.165) is 11.3 Å². The van der Waals surface area contributed by atoms with E-state index in [9.17, 15) is 9.59 Å². The van der Waals surface area contributed by atoms with Gasteiger partial charge >= 0.3 is 5.97 Å². The zero-order valence-electron chi connectivity index (χ0n) is 15.3. The number of fused-ring (bicyclic) bond motifs is 2. The van der Waals surface area contributed by atoms with Crippen LogP contribution in [-0.2, 0) is 9.53 Å². The average molecular weight is 365 g/mol. The van der Waals surface area contributed by atoms with Crippen LogP contribution in [0.5, 0.6) is 0 Å². The number of ether oxygens (including phenoxy) is 1. The molecule has 1 aliphatic rings. The summed E-state index contributed by atoms with van der Waals surface area (Å²) < 4.78 is 10.6. The number of carbonyl (C=O) groups is 2. The summed E-state index contributed by atoms with van der Waals surface area (Å²) in [5.41, 5.74) is 4.03. The molecule has 1 aliphatic carbocycles. The van der Waals surface area contributed by atoms with E-state index >= 15 is 0 Å². The lowest BCUT2D eigenvalue weighted by atomic mass is 9.86. The van der Waals surface area contributed by atoms with Crippen molar-refractivity contribution in [3.05, 3.63) is 41.5 Å². The number of aromatic nitrogens is 1. The van der Waals surface area contributed by atoms with E-state index in [-0.39, 0.29) is 18.4 Å². The van der Waals surface area contributed by atoms with Gasteiger partial charge in [0.05, 0.1) is 16.6 Å². The number of carbonyl (C=O) groups excluding carboxylic acids is 2. The topological polar surface area (TPSA) is 84.7 Å². The number of ketones is 1. The zero-order chi connectivity index (χ0) is 19.1. The van der Waals surface area contributed by atoms with Gasteiger partial charge in [0.2, 0.25) is 0 Å². The summed E-state index contributed by atoms with van der Waals surface area (Å²) >= 11 is 0. The SMILES string of the molecule is CC(=O)OCCNc1cc(N(C)C)c2noc3c2c1C(=O)c1ccccc1-3. The second kappa shape index (κ2) is 6.42. The van der Waals surface area contributed by atoms with Gasteiger partial charge in [-0.25, -0.2) is 0 Å². The van der Waals surface area contributed by atoms with Gasteiger partial charge in [-0.1, -0.05) is 29.4 Å². The summed E-state index contributed by atoms with van der Waals surface area (Å²) in [7, 11) is 3.82. The zero-order valence-corrected chi connectivity index (χ0v) is 15.3. The third kappa shape index (κ3) is 2.71. The molecule has 3 aromatic rings. The van der Waals surface area contributed by atoms with Gasteiger partial charge in [-0.3, -0.25) is 9.59 Å². The second-order valence-corrected chi connectivity index (χ2v) is 6.59. The molecule has 0 spiro atoms. The smallest absolute Gasteiger partial charge is 0.302 e. The highest BCUT2D eigenvalue weighted by atomic mass is 16.5. The van der Waals surface area contributed by atoms with Crippen molar-refractivity contribution in [2.75, 3.05) is 37.5 Å². The highest BCUT2D eigenvalue weighted by Gasteiger charge is 2.32. The standard InChI is InChI=1S/C20H19N3O4/c1-11(24)26-9-8-21-14-10-15(23(2)3)18-17-16(14)19(25)12-6-4-5-7-13(12)20(17)27-22-18/h4-7,10,21H,8-9H2,1-3H3. The van der Waals surface area contributed by atoms with Gasteiger partial charge in [0.25, 0.3) is 0 Å². The van der Waals surface area contributed by atoms with Crippen LogP contribution in [0.2, 0.25) is 0 Å². The van der Waals surface area contributed by atoms with Crippen molar-refractivity contribution in [2.45, 2.75) is 6.92 Å². The van der Waals surface area contributed by atoms with Crippen molar-refractivity contribution in [3.63, 3.8) is 0 Å².